The summed E-state index contributed by atoms with van der Waals surface area (Å²) in [4.78, 5) is 21.0. The van der Waals surface area contributed by atoms with Crippen LogP contribution in [0.2, 0.25) is 0 Å². The lowest BCUT2D eigenvalue weighted by molar-refractivity contribution is -0.384. The summed E-state index contributed by atoms with van der Waals surface area (Å²) in [7, 11) is 0. The Balaban J connectivity index is 2.32. The highest BCUT2D eigenvalue weighted by atomic mass is 79.9. The molecule has 0 N–H and O–H groups in total. The fraction of sp³-hybridized carbons (Fsp3) is 0.533. The molecule has 0 aromatic heterocycles. The van der Waals surface area contributed by atoms with Gasteiger partial charge in [0.15, 0.2) is 6.29 Å². The maximum Gasteiger partial charge on any atom is 0.270 e. The number of benzene rings is 1. The minimum atomic E-state index is -0.524. The van der Waals surface area contributed by atoms with Gasteiger partial charge in [0.1, 0.15) is 5.75 Å². The molecule has 0 saturated heterocycles. The van der Waals surface area contributed by atoms with E-state index in [0.717, 1.165) is 18.2 Å². The molecule has 0 aliphatic rings. The number of nitro groups is 1. The van der Waals surface area contributed by atoms with Crippen LogP contribution < -0.4 is 4.74 Å². The maximum atomic E-state index is 10.9. The lowest BCUT2D eigenvalue weighted by Gasteiger charge is -2.08. The summed E-state index contributed by atoms with van der Waals surface area (Å²) in [5.41, 5.74) is 0.123. The fourth-order valence-electron chi connectivity index (χ4n) is 1.96. The van der Waals surface area contributed by atoms with Crippen LogP contribution in [-0.2, 0) is 0 Å². The summed E-state index contributed by atoms with van der Waals surface area (Å²) < 4.78 is 5.53. The average molecular weight is 358 g/mol. The highest BCUT2D eigenvalue weighted by Crippen LogP contribution is 2.23. The van der Waals surface area contributed by atoms with E-state index in [-0.39, 0.29) is 11.3 Å². The molecule has 0 spiro atoms. The van der Waals surface area contributed by atoms with Crippen molar-refractivity contribution >= 4 is 27.9 Å². The smallest absolute Gasteiger partial charge is 0.270 e. The van der Waals surface area contributed by atoms with Crippen molar-refractivity contribution in [2.24, 2.45) is 0 Å². The van der Waals surface area contributed by atoms with Gasteiger partial charge in [-0.1, -0.05) is 41.6 Å². The first kappa shape index (κ1) is 17.6. The van der Waals surface area contributed by atoms with Gasteiger partial charge in [-0.3, -0.25) is 14.9 Å². The van der Waals surface area contributed by atoms with Gasteiger partial charge < -0.3 is 4.74 Å². The number of nitrogens with zero attached hydrogens (tertiary/aromatic N) is 1. The van der Waals surface area contributed by atoms with Gasteiger partial charge >= 0.3 is 0 Å². The Kier molecular flexibility index (Phi) is 8.66. The fourth-order valence-corrected chi connectivity index (χ4v) is 2.36. The molecule has 0 bridgehead atoms. The summed E-state index contributed by atoms with van der Waals surface area (Å²) in [6.45, 7) is 0.525. The number of unbranched alkanes of at least 4 members (excludes halogenated alkanes) is 5. The summed E-state index contributed by atoms with van der Waals surface area (Å²) in [5, 5.41) is 11.7. The minimum absolute atomic E-state index is 0.101. The zero-order chi connectivity index (χ0) is 15.5. The zero-order valence-corrected chi connectivity index (χ0v) is 13.5. The van der Waals surface area contributed by atoms with E-state index in [0.29, 0.717) is 18.6 Å². The molecule has 116 valence electrons. The van der Waals surface area contributed by atoms with E-state index < -0.39 is 4.92 Å². The number of aldehydes is 1. The molecule has 0 amide bonds. The third-order valence-corrected chi connectivity index (χ3v) is 3.68. The molecular weight excluding hydrogens is 338 g/mol. The number of non-ortho nitro benzene ring substituents is 1. The summed E-state index contributed by atoms with van der Waals surface area (Å²) >= 11 is 3.41. The molecule has 5 nitrogen and oxygen atoms in total. The van der Waals surface area contributed by atoms with Crippen LogP contribution in [0.5, 0.6) is 5.75 Å². The number of carbonyl (C=O) groups is 1. The Bertz CT molecular complexity index is 465. The number of carbonyl (C=O) groups excluding carboxylic acids is 1. The molecule has 0 unspecified atom stereocenters. The molecule has 0 saturated carbocycles. The van der Waals surface area contributed by atoms with Crippen LogP contribution in [-0.4, -0.2) is 23.1 Å². The van der Waals surface area contributed by atoms with Crippen LogP contribution in [0.25, 0.3) is 0 Å². The maximum absolute atomic E-state index is 10.9. The van der Waals surface area contributed by atoms with Crippen LogP contribution in [0.15, 0.2) is 18.2 Å². The van der Waals surface area contributed by atoms with E-state index in [9.17, 15) is 14.9 Å². The van der Waals surface area contributed by atoms with Gasteiger partial charge in [-0.2, -0.15) is 0 Å². The number of hydrogen-bond acceptors (Lipinski definition) is 4. The van der Waals surface area contributed by atoms with Gasteiger partial charge in [-0.05, 0) is 18.9 Å². The Morgan fingerprint density at radius 1 is 1.14 bits per heavy atom. The Morgan fingerprint density at radius 3 is 2.43 bits per heavy atom. The van der Waals surface area contributed by atoms with Gasteiger partial charge in [0, 0.05) is 17.5 Å². The van der Waals surface area contributed by atoms with E-state index in [1.807, 2.05) is 0 Å². The molecule has 0 radical (unpaired) electrons. The van der Waals surface area contributed by atoms with Crippen molar-refractivity contribution in [1.82, 2.24) is 0 Å². The monoisotopic (exact) mass is 357 g/mol. The first-order chi connectivity index (χ1) is 10.2. The third kappa shape index (κ3) is 6.71. The first-order valence-corrected chi connectivity index (χ1v) is 8.23. The molecule has 0 aliphatic carbocycles. The summed E-state index contributed by atoms with van der Waals surface area (Å²) in [5.74, 6) is 0.412. The highest BCUT2D eigenvalue weighted by Gasteiger charge is 2.11. The lowest BCUT2D eigenvalue weighted by Crippen LogP contribution is -2.01. The van der Waals surface area contributed by atoms with E-state index in [4.69, 9.17) is 4.74 Å². The average Bonchev–Trinajstić information content (AvgIpc) is 2.49. The standard InChI is InChI=1S/C15H20BrNO4/c16-9-5-3-1-2-4-6-10-21-15-8-7-14(17(19)20)11-13(15)12-18/h7-8,11-12H,1-6,9-10H2. The van der Waals surface area contributed by atoms with Crippen molar-refractivity contribution in [3.05, 3.63) is 33.9 Å². The number of nitro benzene ring substituents is 1. The SMILES string of the molecule is O=Cc1cc([N+](=O)[O-])ccc1OCCCCCCCCBr. The van der Waals surface area contributed by atoms with Crippen LogP contribution in [0, 0.1) is 10.1 Å². The van der Waals surface area contributed by atoms with Crippen molar-refractivity contribution in [3.63, 3.8) is 0 Å². The highest BCUT2D eigenvalue weighted by molar-refractivity contribution is 9.09. The van der Waals surface area contributed by atoms with Crippen molar-refractivity contribution < 1.29 is 14.5 Å². The van der Waals surface area contributed by atoms with Crippen molar-refractivity contribution in [3.8, 4) is 5.75 Å². The number of hydrogen-bond donors (Lipinski definition) is 0. The van der Waals surface area contributed by atoms with Crippen LogP contribution >= 0.6 is 15.9 Å². The second kappa shape index (κ2) is 10.3. The number of rotatable bonds is 11. The molecule has 0 heterocycles. The summed E-state index contributed by atoms with van der Waals surface area (Å²) in [6.07, 6.45) is 7.45. The Morgan fingerprint density at radius 2 is 1.81 bits per heavy atom. The van der Waals surface area contributed by atoms with Crippen molar-refractivity contribution in [2.45, 2.75) is 38.5 Å². The quantitative estimate of drug-likeness (QED) is 0.192. The normalized spacial score (nSPS) is 10.3. The molecule has 21 heavy (non-hydrogen) atoms. The van der Waals surface area contributed by atoms with Gasteiger partial charge in [-0.25, -0.2) is 0 Å². The predicted molar refractivity (Wildman–Crippen MR) is 85.5 cm³/mol. The molecule has 0 atom stereocenters. The molecule has 6 heteroatoms. The van der Waals surface area contributed by atoms with Gasteiger partial charge in [0.05, 0.1) is 17.1 Å². The van der Waals surface area contributed by atoms with Crippen molar-refractivity contribution in [2.75, 3.05) is 11.9 Å². The third-order valence-electron chi connectivity index (χ3n) is 3.12. The molecule has 0 aliphatic heterocycles. The Labute approximate surface area is 133 Å². The zero-order valence-electron chi connectivity index (χ0n) is 11.9. The van der Waals surface area contributed by atoms with Crippen LogP contribution in [0.4, 0.5) is 5.69 Å². The minimum Gasteiger partial charge on any atom is -0.493 e. The van der Waals surface area contributed by atoms with Gasteiger partial charge in [0.25, 0.3) is 5.69 Å². The van der Waals surface area contributed by atoms with E-state index >= 15 is 0 Å². The second-order valence-electron chi connectivity index (χ2n) is 4.76. The van der Waals surface area contributed by atoms with Gasteiger partial charge in [0.2, 0.25) is 0 Å². The van der Waals surface area contributed by atoms with E-state index in [1.54, 1.807) is 0 Å². The lowest BCUT2D eigenvalue weighted by atomic mass is 10.1. The number of halogens is 1. The van der Waals surface area contributed by atoms with Crippen LogP contribution in [0.1, 0.15) is 48.9 Å². The second-order valence-corrected chi connectivity index (χ2v) is 5.55. The number of alkyl halides is 1. The van der Waals surface area contributed by atoms with E-state index in [2.05, 4.69) is 15.9 Å². The molecule has 1 rings (SSSR count). The Hall–Kier alpha value is -1.43. The summed E-state index contributed by atoms with van der Waals surface area (Å²) in [6, 6.07) is 4.07. The first-order valence-electron chi connectivity index (χ1n) is 7.11. The molecule has 1 aromatic rings. The molecule has 1 aromatic carbocycles. The van der Waals surface area contributed by atoms with E-state index in [1.165, 1.54) is 43.9 Å². The largest absolute Gasteiger partial charge is 0.493 e. The topological polar surface area (TPSA) is 69.4 Å². The molecule has 0 fully saturated rings. The van der Waals surface area contributed by atoms with Gasteiger partial charge in [-0.15, -0.1) is 0 Å². The van der Waals surface area contributed by atoms with Crippen LogP contribution in [0.3, 0.4) is 0 Å². The molecular formula is C15H20BrNO4. The van der Waals surface area contributed by atoms with Crippen molar-refractivity contribution in [1.29, 1.82) is 0 Å². The predicted octanol–water partition coefficient (Wildman–Crippen LogP) is 4.52. The number of ether oxygens (including phenoxy) is 1.